The first-order valence-electron chi connectivity index (χ1n) is 6.95. The lowest BCUT2D eigenvalue weighted by molar-refractivity contribution is 0.0495. The number of nitrogens with one attached hydrogen (secondary N) is 1. The van der Waals surface area contributed by atoms with E-state index in [4.69, 9.17) is 9.84 Å². The van der Waals surface area contributed by atoms with E-state index in [9.17, 15) is 4.79 Å². The number of hydrogen-bond acceptors (Lipinski definition) is 3. The molecule has 18 heavy (non-hydrogen) atoms. The van der Waals surface area contributed by atoms with Crippen LogP contribution in [0, 0.1) is 5.41 Å². The second-order valence-corrected chi connectivity index (χ2v) is 6.39. The Morgan fingerprint density at radius 1 is 1.33 bits per heavy atom. The van der Waals surface area contributed by atoms with E-state index >= 15 is 0 Å². The molecule has 0 heterocycles. The molecule has 0 aliphatic heterocycles. The second-order valence-electron chi connectivity index (χ2n) is 6.39. The smallest absolute Gasteiger partial charge is 0.407 e. The molecular formula is C14H27NO3. The van der Waals surface area contributed by atoms with Crippen molar-refractivity contribution >= 4 is 6.09 Å². The highest BCUT2D eigenvalue weighted by molar-refractivity contribution is 5.67. The molecule has 0 saturated heterocycles. The van der Waals surface area contributed by atoms with Crippen LogP contribution in [0.25, 0.3) is 0 Å². The van der Waals surface area contributed by atoms with Crippen LogP contribution in [0.4, 0.5) is 4.79 Å². The molecule has 1 fully saturated rings. The van der Waals surface area contributed by atoms with Gasteiger partial charge in [-0.15, -0.1) is 0 Å². The maximum absolute atomic E-state index is 11.6. The molecular weight excluding hydrogens is 230 g/mol. The number of rotatable bonds is 5. The summed E-state index contributed by atoms with van der Waals surface area (Å²) >= 11 is 0. The number of aliphatic hydroxyl groups excluding tert-OH is 1. The molecule has 0 aromatic rings. The van der Waals surface area contributed by atoms with Crippen LogP contribution in [-0.4, -0.2) is 30.0 Å². The Balaban J connectivity index is 2.40. The Kier molecular flexibility index (Phi) is 5.45. The van der Waals surface area contributed by atoms with Gasteiger partial charge in [0.25, 0.3) is 0 Å². The Labute approximate surface area is 110 Å². The minimum absolute atomic E-state index is 0.180. The van der Waals surface area contributed by atoms with Gasteiger partial charge in [-0.25, -0.2) is 4.79 Å². The number of amides is 1. The molecule has 106 valence electrons. The minimum Gasteiger partial charge on any atom is -0.444 e. The average molecular weight is 257 g/mol. The fraction of sp³-hybridized carbons (Fsp3) is 0.929. The first-order valence-corrected chi connectivity index (χ1v) is 6.95. The summed E-state index contributed by atoms with van der Waals surface area (Å²) in [4.78, 5) is 11.6. The second kappa shape index (κ2) is 6.41. The maximum Gasteiger partial charge on any atom is 0.407 e. The van der Waals surface area contributed by atoms with Crippen LogP contribution in [-0.2, 0) is 4.74 Å². The molecule has 0 aromatic carbocycles. The van der Waals surface area contributed by atoms with Crippen molar-refractivity contribution < 1.29 is 14.6 Å². The Morgan fingerprint density at radius 3 is 2.44 bits per heavy atom. The van der Waals surface area contributed by atoms with Crippen molar-refractivity contribution in [3.8, 4) is 0 Å². The number of aliphatic hydroxyl groups is 1. The molecule has 1 saturated carbocycles. The fourth-order valence-corrected chi connectivity index (χ4v) is 2.67. The van der Waals surface area contributed by atoms with Gasteiger partial charge in [0.1, 0.15) is 5.60 Å². The van der Waals surface area contributed by atoms with Gasteiger partial charge in [0.15, 0.2) is 0 Å². The largest absolute Gasteiger partial charge is 0.444 e. The summed E-state index contributed by atoms with van der Waals surface area (Å²) in [7, 11) is 0. The van der Waals surface area contributed by atoms with E-state index in [1.165, 1.54) is 12.8 Å². The molecule has 0 unspecified atom stereocenters. The predicted octanol–water partition coefficient (Wildman–Crippen LogP) is 2.84. The third-order valence-electron chi connectivity index (χ3n) is 3.54. The molecule has 0 aromatic heterocycles. The van der Waals surface area contributed by atoms with Crippen molar-refractivity contribution in [1.29, 1.82) is 0 Å². The summed E-state index contributed by atoms with van der Waals surface area (Å²) in [5.41, 5.74) is -0.266. The van der Waals surface area contributed by atoms with E-state index < -0.39 is 5.60 Å². The van der Waals surface area contributed by atoms with Crippen molar-refractivity contribution in [3.63, 3.8) is 0 Å². The van der Waals surface area contributed by atoms with E-state index in [0.29, 0.717) is 6.54 Å². The summed E-state index contributed by atoms with van der Waals surface area (Å²) in [5.74, 6) is 0. The molecule has 4 nitrogen and oxygen atoms in total. The van der Waals surface area contributed by atoms with E-state index in [1.807, 2.05) is 20.8 Å². The normalized spacial score (nSPS) is 18.7. The lowest BCUT2D eigenvalue weighted by Gasteiger charge is -2.30. The monoisotopic (exact) mass is 257 g/mol. The molecule has 0 bridgehead atoms. The van der Waals surface area contributed by atoms with Gasteiger partial charge in [-0.1, -0.05) is 12.8 Å². The first kappa shape index (κ1) is 15.3. The molecule has 1 aliphatic carbocycles. The van der Waals surface area contributed by atoms with Gasteiger partial charge in [0, 0.05) is 13.2 Å². The molecule has 0 radical (unpaired) electrons. The molecule has 1 rings (SSSR count). The van der Waals surface area contributed by atoms with Crippen molar-refractivity contribution in [2.45, 2.75) is 64.9 Å². The van der Waals surface area contributed by atoms with Gasteiger partial charge in [-0.05, 0) is 51.9 Å². The highest BCUT2D eigenvalue weighted by Gasteiger charge is 2.33. The molecule has 0 atom stereocenters. The Morgan fingerprint density at radius 2 is 1.94 bits per heavy atom. The quantitative estimate of drug-likeness (QED) is 0.796. The van der Waals surface area contributed by atoms with E-state index in [0.717, 1.165) is 25.7 Å². The van der Waals surface area contributed by atoms with E-state index in [1.54, 1.807) is 0 Å². The van der Waals surface area contributed by atoms with Crippen molar-refractivity contribution in [1.82, 2.24) is 5.32 Å². The number of hydrogen-bond donors (Lipinski definition) is 2. The van der Waals surface area contributed by atoms with Gasteiger partial charge in [-0.2, -0.15) is 0 Å². The van der Waals surface area contributed by atoms with Gasteiger partial charge in [-0.3, -0.25) is 0 Å². The van der Waals surface area contributed by atoms with Crippen LogP contribution >= 0.6 is 0 Å². The van der Waals surface area contributed by atoms with E-state index in [2.05, 4.69) is 5.32 Å². The Bertz CT molecular complexity index is 265. The number of carbonyl (C=O) groups is 1. The van der Waals surface area contributed by atoms with Crippen molar-refractivity contribution in [2.75, 3.05) is 13.2 Å². The Hall–Kier alpha value is -0.770. The fourth-order valence-electron chi connectivity index (χ4n) is 2.67. The highest BCUT2D eigenvalue weighted by atomic mass is 16.6. The standard InChI is InChI=1S/C14H27NO3/c1-13(2,3)18-12(17)15-11-14(9-6-10-16)7-4-5-8-14/h16H,4-11H2,1-3H3,(H,15,17). The SMILES string of the molecule is CC(C)(C)OC(=O)NCC1(CCCO)CCCC1. The van der Waals surface area contributed by atoms with Crippen LogP contribution < -0.4 is 5.32 Å². The van der Waals surface area contributed by atoms with Crippen LogP contribution in [0.1, 0.15) is 59.3 Å². The van der Waals surface area contributed by atoms with Gasteiger partial charge in [0.05, 0.1) is 0 Å². The zero-order chi connectivity index (χ0) is 13.6. The van der Waals surface area contributed by atoms with Crippen molar-refractivity contribution in [2.24, 2.45) is 5.41 Å². The number of ether oxygens (including phenoxy) is 1. The predicted molar refractivity (Wildman–Crippen MR) is 71.5 cm³/mol. The highest BCUT2D eigenvalue weighted by Crippen LogP contribution is 2.41. The summed E-state index contributed by atoms with van der Waals surface area (Å²) in [6.07, 6.45) is 6.20. The van der Waals surface area contributed by atoms with E-state index in [-0.39, 0.29) is 18.1 Å². The lowest BCUT2D eigenvalue weighted by Crippen LogP contribution is -2.39. The summed E-state index contributed by atoms with van der Waals surface area (Å²) in [6.45, 7) is 6.49. The summed E-state index contributed by atoms with van der Waals surface area (Å²) in [5, 5.41) is 11.8. The zero-order valence-electron chi connectivity index (χ0n) is 11.9. The van der Waals surface area contributed by atoms with Crippen LogP contribution in [0.15, 0.2) is 0 Å². The van der Waals surface area contributed by atoms with Crippen molar-refractivity contribution in [3.05, 3.63) is 0 Å². The molecule has 0 spiro atoms. The van der Waals surface area contributed by atoms with Crippen LogP contribution in [0.3, 0.4) is 0 Å². The summed E-state index contributed by atoms with van der Waals surface area (Å²) in [6, 6.07) is 0. The topological polar surface area (TPSA) is 58.6 Å². The summed E-state index contributed by atoms with van der Waals surface area (Å²) < 4.78 is 5.25. The van der Waals surface area contributed by atoms with Crippen LogP contribution in [0.5, 0.6) is 0 Å². The van der Waals surface area contributed by atoms with Crippen LogP contribution in [0.2, 0.25) is 0 Å². The van der Waals surface area contributed by atoms with Gasteiger partial charge < -0.3 is 15.2 Å². The zero-order valence-corrected chi connectivity index (χ0v) is 11.9. The van der Waals surface area contributed by atoms with Gasteiger partial charge >= 0.3 is 6.09 Å². The number of alkyl carbamates (subject to hydrolysis) is 1. The molecule has 2 N–H and O–H groups in total. The van der Waals surface area contributed by atoms with Gasteiger partial charge in [0.2, 0.25) is 0 Å². The first-order chi connectivity index (χ1) is 8.37. The molecule has 1 amide bonds. The number of carbonyl (C=O) groups excluding carboxylic acids is 1. The maximum atomic E-state index is 11.6. The minimum atomic E-state index is -0.446. The third kappa shape index (κ3) is 5.25. The average Bonchev–Trinajstić information content (AvgIpc) is 2.71. The molecule has 1 aliphatic rings. The third-order valence-corrected chi connectivity index (χ3v) is 3.54. The lowest BCUT2D eigenvalue weighted by atomic mass is 9.81. The molecule has 4 heteroatoms.